The molecule has 2 amide bonds. The van der Waals surface area contributed by atoms with Gasteiger partial charge in [0.15, 0.2) is 0 Å². The van der Waals surface area contributed by atoms with E-state index in [1.54, 1.807) is 19.2 Å². The number of amides is 2. The van der Waals surface area contributed by atoms with Crippen LogP contribution in [0, 0.1) is 17.1 Å². The van der Waals surface area contributed by atoms with E-state index in [1.807, 2.05) is 30.3 Å². The van der Waals surface area contributed by atoms with Crippen molar-refractivity contribution in [2.75, 3.05) is 0 Å². The number of nitriles is 1. The Kier molecular flexibility index (Phi) is 5.70. The van der Waals surface area contributed by atoms with Crippen molar-refractivity contribution in [3.63, 3.8) is 0 Å². The van der Waals surface area contributed by atoms with Gasteiger partial charge in [-0.1, -0.05) is 30.3 Å². The Bertz CT molecular complexity index is 1050. The normalized spacial score (nSPS) is 12.8. The van der Waals surface area contributed by atoms with Gasteiger partial charge in [0.25, 0.3) is 5.91 Å². The number of aromatic amines is 1. The van der Waals surface area contributed by atoms with Crippen LogP contribution in [0.5, 0.6) is 0 Å². The van der Waals surface area contributed by atoms with E-state index in [0.717, 1.165) is 16.5 Å². The topological polar surface area (TPSA) is 97.8 Å². The van der Waals surface area contributed by atoms with Gasteiger partial charge in [-0.15, -0.1) is 0 Å². The zero-order valence-corrected chi connectivity index (χ0v) is 15.2. The van der Waals surface area contributed by atoms with Crippen LogP contribution in [0.25, 0.3) is 10.9 Å². The van der Waals surface area contributed by atoms with Crippen molar-refractivity contribution in [1.82, 2.24) is 15.6 Å². The lowest BCUT2D eigenvalue weighted by atomic mass is 10.0. The predicted molar refractivity (Wildman–Crippen MR) is 103 cm³/mol. The highest BCUT2D eigenvalue weighted by Crippen LogP contribution is 2.19. The Morgan fingerprint density at radius 2 is 1.86 bits per heavy atom. The zero-order valence-electron chi connectivity index (χ0n) is 15.2. The van der Waals surface area contributed by atoms with Crippen molar-refractivity contribution in [3.8, 4) is 6.07 Å². The third-order valence-corrected chi connectivity index (χ3v) is 4.39. The summed E-state index contributed by atoms with van der Waals surface area (Å²) < 4.78 is 13.9. The van der Waals surface area contributed by atoms with E-state index >= 15 is 0 Å². The van der Waals surface area contributed by atoms with Gasteiger partial charge in [-0.25, -0.2) is 4.39 Å². The molecule has 6 nitrogen and oxygen atoms in total. The Morgan fingerprint density at radius 3 is 2.61 bits per heavy atom. The number of hydrogen-bond donors (Lipinski definition) is 3. The first-order valence-electron chi connectivity index (χ1n) is 8.80. The van der Waals surface area contributed by atoms with Crippen LogP contribution in [0.3, 0.4) is 0 Å². The van der Waals surface area contributed by atoms with E-state index < -0.39 is 29.7 Å². The van der Waals surface area contributed by atoms with Gasteiger partial charge in [0.05, 0.1) is 11.6 Å². The summed E-state index contributed by atoms with van der Waals surface area (Å²) in [5.41, 5.74) is 1.59. The minimum atomic E-state index is -0.970. The summed E-state index contributed by atoms with van der Waals surface area (Å²) in [5, 5.41) is 15.0. The summed E-state index contributed by atoms with van der Waals surface area (Å²) in [4.78, 5) is 28.3. The molecule has 0 saturated carbocycles. The molecule has 2 unspecified atom stereocenters. The standard InChI is InChI=1S/C21H19FN4O2/c1-13(11-23)25-21(28)19(26-20(27)16-7-2-4-8-17(16)22)10-14-12-24-18-9-5-3-6-15(14)18/h2-9,12-13,19,24H,10H2,1H3,(H,25,28)(H,26,27). The van der Waals surface area contributed by atoms with Crippen molar-refractivity contribution < 1.29 is 14.0 Å². The fourth-order valence-electron chi connectivity index (χ4n) is 2.96. The molecule has 0 bridgehead atoms. The van der Waals surface area contributed by atoms with E-state index in [1.165, 1.54) is 18.2 Å². The molecule has 2 aromatic carbocycles. The van der Waals surface area contributed by atoms with Crippen LogP contribution >= 0.6 is 0 Å². The maximum absolute atomic E-state index is 13.9. The molecule has 2 atom stereocenters. The number of rotatable bonds is 6. The van der Waals surface area contributed by atoms with Crippen LogP contribution < -0.4 is 10.6 Å². The molecule has 142 valence electrons. The van der Waals surface area contributed by atoms with Crippen molar-refractivity contribution in [2.45, 2.75) is 25.4 Å². The molecule has 3 rings (SSSR count). The Balaban J connectivity index is 1.86. The van der Waals surface area contributed by atoms with Crippen molar-refractivity contribution in [1.29, 1.82) is 5.26 Å². The van der Waals surface area contributed by atoms with Gasteiger partial charge in [-0.2, -0.15) is 5.26 Å². The zero-order chi connectivity index (χ0) is 20.1. The number of nitrogens with one attached hydrogen (secondary N) is 3. The van der Waals surface area contributed by atoms with Crippen molar-refractivity contribution in [3.05, 3.63) is 71.7 Å². The van der Waals surface area contributed by atoms with Gasteiger partial charge in [0.2, 0.25) is 5.91 Å². The average Bonchev–Trinajstić information content (AvgIpc) is 3.10. The number of para-hydroxylation sites is 1. The fourth-order valence-corrected chi connectivity index (χ4v) is 2.96. The number of nitrogens with zero attached hydrogens (tertiary/aromatic N) is 1. The molecule has 0 fully saturated rings. The quantitative estimate of drug-likeness (QED) is 0.615. The Hall–Kier alpha value is -3.66. The Labute approximate surface area is 161 Å². The lowest BCUT2D eigenvalue weighted by Gasteiger charge is -2.19. The maximum Gasteiger partial charge on any atom is 0.254 e. The average molecular weight is 378 g/mol. The number of fused-ring (bicyclic) bond motifs is 1. The highest BCUT2D eigenvalue weighted by atomic mass is 19.1. The van der Waals surface area contributed by atoms with E-state index in [-0.39, 0.29) is 12.0 Å². The summed E-state index contributed by atoms with van der Waals surface area (Å²) in [5.74, 6) is -1.87. The van der Waals surface area contributed by atoms with Crippen LogP contribution in [0.2, 0.25) is 0 Å². The van der Waals surface area contributed by atoms with Gasteiger partial charge in [0, 0.05) is 23.5 Å². The first-order valence-corrected chi connectivity index (χ1v) is 8.80. The molecule has 7 heteroatoms. The van der Waals surface area contributed by atoms with E-state index in [0.29, 0.717) is 0 Å². The second-order valence-corrected chi connectivity index (χ2v) is 6.43. The molecule has 0 aliphatic carbocycles. The van der Waals surface area contributed by atoms with E-state index in [9.17, 15) is 14.0 Å². The monoisotopic (exact) mass is 378 g/mol. The SMILES string of the molecule is CC(C#N)NC(=O)C(Cc1c[nH]c2ccccc12)NC(=O)c1ccccc1F. The van der Waals surface area contributed by atoms with E-state index in [4.69, 9.17) is 5.26 Å². The lowest BCUT2D eigenvalue weighted by molar-refractivity contribution is -0.123. The highest BCUT2D eigenvalue weighted by molar-refractivity contribution is 5.98. The van der Waals surface area contributed by atoms with Crippen LogP contribution in [0.4, 0.5) is 4.39 Å². The summed E-state index contributed by atoms with van der Waals surface area (Å²) in [6.07, 6.45) is 1.96. The summed E-state index contributed by atoms with van der Waals surface area (Å²) in [6.45, 7) is 1.54. The fraction of sp³-hybridized carbons (Fsp3) is 0.190. The van der Waals surface area contributed by atoms with Gasteiger partial charge >= 0.3 is 0 Å². The van der Waals surface area contributed by atoms with Gasteiger partial charge < -0.3 is 15.6 Å². The summed E-state index contributed by atoms with van der Waals surface area (Å²) in [6, 6.07) is 13.4. The first kappa shape index (κ1) is 19.1. The molecule has 0 aliphatic rings. The van der Waals surface area contributed by atoms with Crippen LogP contribution in [0.15, 0.2) is 54.7 Å². The highest BCUT2D eigenvalue weighted by Gasteiger charge is 2.25. The molecular formula is C21H19FN4O2. The molecule has 0 aliphatic heterocycles. The van der Waals surface area contributed by atoms with Crippen LogP contribution in [-0.4, -0.2) is 28.9 Å². The minimum absolute atomic E-state index is 0.146. The largest absolute Gasteiger partial charge is 0.361 e. The second-order valence-electron chi connectivity index (χ2n) is 6.43. The molecule has 0 saturated heterocycles. The number of carbonyl (C=O) groups is 2. The first-order chi connectivity index (χ1) is 13.5. The van der Waals surface area contributed by atoms with Crippen LogP contribution in [-0.2, 0) is 11.2 Å². The number of H-pyrrole nitrogens is 1. The molecule has 1 aromatic heterocycles. The number of aromatic nitrogens is 1. The molecule has 1 heterocycles. The molecule has 3 aromatic rings. The Morgan fingerprint density at radius 1 is 1.14 bits per heavy atom. The summed E-state index contributed by atoms with van der Waals surface area (Å²) >= 11 is 0. The van der Waals surface area contributed by atoms with Gasteiger partial charge in [-0.05, 0) is 30.7 Å². The molecule has 0 radical (unpaired) electrons. The second kappa shape index (κ2) is 8.35. The lowest BCUT2D eigenvalue weighted by Crippen LogP contribution is -2.50. The number of halogens is 1. The number of hydrogen-bond acceptors (Lipinski definition) is 3. The smallest absolute Gasteiger partial charge is 0.254 e. The minimum Gasteiger partial charge on any atom is -0.361 e. The van der Waals surface area contributed by atoms with E-state index in [2.05, 4.69) is 15.6 Å². The van der Waals surface area contributed by atoms with Gasteiger partial charge in [-0.3, -0.25) is 9.59 Å². The van der Waals surface area contributed by atoms with Gasteiger partial charge in [0.1, 0.15) is 17.9 Å². The third kappa shape index (κ3) is 4.18. The molecule has 3 N–H and O–H groups in total. The van der Waals surface area contributed by atoms with Crippen LogP contribution in [0.1, 0.15) is 22.8 Å². The number of carbonyl (C=O) groups excluding carboxylic acids is 2. The molecular weight excluding hydrogens is 359 g/mol. The molecule has 0 spiro atoms. The number of benzene rings is 2. The van der Waals surface area contributed by atoms with Crippen molar-refractivity contribution >= 4 is 22.7 Å². The predicted octanol–water partition coefficient (Wildman–Crippen LogP) is 2.68. The maximum atomic E-state index is 13.9. The third-order valence-electron chi connectivity index (χ3n) is 4.39. The van der Waals surface area contributed by atoms with Crippen molar-refractivity contribution in [2.24, 2.45) is 0 Å². The molecule has 28 heavy (non-hydrogen) atoms. The summed E-state index contributed by atoms with van der Waals surface area (Å²) in [7, 11) is 0.